The summed E-state index contributed by atoms with van der Waals surface area (Å²) in [4.78, 5) is 11.5. The van der Waals surface area contributed by atoms with Crippen LogP contribution in [0.25, 0.3) is 0 Å². The van der Waals surface area contributed by atoms with Gasteiger partial charge >= 0.3 is 0 Å². The Balaban J connectivity index is 0.00000361. The van der Waals surface area contributed by atoms with E-state index in [0.29, 0.717) is 18.7 Å². The van der Waals surface area contributed by atoms with Crippen LogP contribution in [-0.4, -0.2) is 31.9 Å². The van der Waals surface area contributed by atoms with Crippen molar-refractivity contribution < 1.29 is 13.2 Å². The average molecular weight is 321 g/mol. The lowest BCUT2D eigenvalue weighted by atomic mass is 10.1. The number of amides is 1. The molecule has 114 valence electrons. The van der Waals surface area contributed by atoms with E-state index in [9.17, 15) is 13.2 Å². The molecule has 0 aliphatic rings. The Morgan fingerprint density at radius 3 is 2.30 bits per heavy atom. The summed E-state index contributed by atoms with van der Waals surface area (Å²) >= 11 is 0. The van der Waals surface area contributed by atoms with Crippen LogP contribution in [0.1, 0.15) is 19.4 Å². The Morgan fingerprint density at radius 1 is 1.25 bits per heavy atom. The van der Waals surface area contributed by atoms with Crippen molar-refractivity contribution in [1.82, 2.24) is 5.32 Å². The molecule has 0 saturated carbocycles. The average Bonchev–Trinajstić information content (AvgIpc) is 2.31. The van der Waals surface area contributed by atoms with Crippen molar-refractivity contribution in [2.75, 3.05) is 18.0 Å². The minimum atomic E-state index is -3.33. The third-order valence-electron chi connectivity index (χ3n) is 2.77. The number of anilines is 1. The second-order valence-corrected chi connectivity index (χ2v) is 7.25. The first kappa shape index (κ1) is 18.7. The predicted molar refractivity (Wildman–Crippen MR) is 83.7 cm³/mol. The molecule has 20 heavy (non-hydrogen) atoms. The van der Waals surface area contributed by atoms with Gasteiger partial charge in [0.25, 0.3) is 0 Å². The number of hydrogen-bond donors (Lipinski definition) is 2. The van der Waals surface area contributed by atoms with Gasteiger partial charge in [-0.2, -0.15) is 0 Å². The summed E-state index contributed by atoms with van der Waals surface area (Å²) < 4.78 is 23.1. The fourth-order valence-electron chi connectivity index (χ4n) is 1.43. The highest BCUT2D eigenvalue weighted by molar-refractivity contribution is 7.92. The Kier molecular flexibility index (Phi) is 7.60. The van der Waals surface area contributed by atoms with Crippen LogP contribution in [-0.2, 0) is 21.1 Å². The Hall–Kier alpha value is -1.27. The largest absolute Gasteiger partial charge is 0.399 e. The number of carbonyl (C=O) groups excluding carboxylic acids is 1. The molecule has 0 saturated heterocycles. The summed E-state index contributed by atoms with van der Waals surface area (Å²) in [5.74, 6) is -0.906. The Bertz CT molecular complexity index is 527. The molecule has 0 atom stereocenters. The molecule has 0 aliphatic carbocycles. The second-order valence-electron chi connectivity index (χ2n) is 4.70. The lowest BCUT2D eigenvalue weighted by Gasteiger charge is -2.08. The minimum Gasteiger partial charge on any atom is -0.399 e. The third-order valence-corrected chi connectivity index (χ3v) is 4.87. The van der Waals surface area contributed by atoms with E-state index in [1.54, 1.807) is 26.0 Å². The second kappa shape index (κ2) is 8.11. The van der Waals surface area contributed by atoms with Crippen molar-refractivity contribution in [1.29, 1.82) is 0 Å². The molecule has 0 spiro atoms. The van der Waals surface area contributed by atoms with Crippen LogP contribution in [0.15, 0.2) is 24.3 Å². The Labute approximate surface area is 126 Å². The van der Waals surface area contributed by atoms with Gasteiger partial charge < -0.3 is 11.1 Å². The van der Waals surface area contributed by atoms with Gasteiger partial charge in [-0.3, -0.25) is 4.79 Å². The maximum Gasteiger partial charge on any atom is 0.235 e. The lowest BCUT2D eigenvalue weighted by molar-refractivity contribution is -0.118. The number of carbonyl (C=O) groups is 1. The van der Waals surface area contributed by atoms with Gasteiger partial charge in [0.2, 0.25) is 5.91 Å². The molecular formula is C13H21ClN2O3S. The van der Waals surface area contributed by atoms with Crippen molar-refractivity contribution in [3.63, 3.8) is 0 Å². The fraction of sp³-hybridized carbons (Fsp3) is 0.462. The SMILES string of the molecule is CC(C)S(=O)(=O)CC(=O)NCCc1ccc(N)cc1.Cl. The maximum atomic E-state index is 11.5. The van der Waals surface area contributed by atoms with Gasteiger partial charge in [-0.25, -0.2) is 8.42 Å². The molecule has 0 unspecified atom stereocenters. The zero-order valence-corrected chi connectivity index (χ0v) is 13.3. The number of sulfone groups is 1. The van der Waals surface area contributed by atoms with E-state index in [-0.39, 0.29) is 12.4 Å². The third kappa shape index (κ3) is 6.25. The van der Waals surface area contributed by atoms with E-state index in [4.69, 9.17) is 5.73 Å². The molecule has 1 rings (SSSR count). The smallest absolute Gasteiger partial charge is 0.235 e. The molecule has 3 N–H and O–H groups in total. The van der Waals surface area contributed by atoms with E-state index in [2.05, 4.69) is 5.32 Å². The molecular weight excluding hydrogens is 300 g/mol. The van der Waals surface area contributed by atoms with Gasteiger partial charge in [-0.05, 0) is 38.0 Å². The van der Waals surface area contributed by atoms with E-state index in [1.807, 2.05) is 12.1 Å². The summed E-state index contributed by atoms with van der Waals surface area (Å²) in [5.41, 5.74) is 7.30. The first-order valence-corrected chi connectivity index (χ1v) is 7.85. The summed E-state index contributed by atoms with van der Waals surface area (Å²) in [6.07, 6.45) is 0.647. The first-order valence-electron chi connectivity index (χ1n) is 6.14. The molecule has 1 amide bonds. The van der Waals surface area contributed by atoms with Gasteiger partial charge in [-0.15, -0.1) is 12.4 Å². The molecule has 0 fully saturated rings. The van der Waals surface area contributed by atoms with Crippen LogP contribution in [0, 0.1) is 0 Å². The standard InChI is InChI=1S/C13H20N2O3S.ClH/c1-10(2)19(17,18)9-13(16)15-8-7-11-3-5-12(14)6-4-11;/h3-6,10H,7-9,14H2,1-2H3,(H,15,16);1H. The summed E-state index contributed by atoms with van der Waals surface area (Å²) in [5, 5.41) is 2.08. The molecule has 0 bridgehead atoms. The Morgan fingerprint density at radius 2 is 1.80 bits per heavy atom. The number of rotatable bonds is 6. The number of nitrogens with two attached hydrogens (primary N) is 1. The minimum absolute atomic E-state index is 0. The highest BCUT2D eigenvalue weighted by atomic mass is 35.5. The molecule has 0 aliphatic heterocycles. The van der Waals surface area contributed by atoms with Crippen LogP contribution in [0.5, 0.6) is 0 Å². The monoisotopic (exact) mass is 320 g/mol. The zero-order chi connectivity index (χ0) is 14.5. The number of benzene rings is 1. The molecule has 1 aromatic carbocycles. The van der Waals surface area contributed by atoms with Gasteiger partial charge in [0.1, 0.15) is 5.75 Å². The van der Waals surface area contributed by atoms with Gasteiger partial charge in [0, 0.05) is 12.2 Å². The van der Waals surface area contributed by atoms with E-state index in [0.717, 1.165) is 5.56 Å². The maximum absolute atomic E-state index is 11.5. The van der Waals surface area contributed by atoms with Crippen LogP contribution >= 0.6 is 12.4 Å². The topological polar surface area (TPSA) is 89.3 Å². The number of halogens is 1. The molecule has 0 radical (unpaired) electrons. The fourth-order valence-corrected chi connectivity index (χ4v) is 2.23. The molecule has 5 nitrogen and oxygen atoms in total. The van der Waals surface area contributed by atoms with Crippen LogP contribution in [0.4, 0.5) is 5.69 Å². The van der Waals surface area contributed by atoms with Crippen LogP contribution in [0.3, 0.4) is 0 Å². The normalized spacial score (nSPS) is 10.9. The summed E-state index contributed by atoms with van der Waals surface area (Å²) in [7, 11) is -3.33. The van der Waals surface area contributed by atoms with Crippen LogP contribution < -0.4 is 11.1 Å². The highest BCUT2D eigenvalue weighted by Gasteiger charge is 2.20. The number of nitrogens with one attached hydrogen (secondary N) is 1. The highest BCUT2D eigenvalue weighted by Crippen LogP contribution is 2.05. The van der Waals surface area contributed by atoms with Gasteiger partial charge in [0.15, 0.2) is 9.84 Å². The van der Waals surface area contributed by atoms with Crippen molar-refractivity contribution in [3.8, 4) is 0 Å². The zero-order valence-electron chi connectivity index (χ0n) is 11.6. The van der Waals surface area contributed by atoms with Gasteiger partial charge in [0.05, 0.1) is 5.25 Å². The van der Waals surface area contributed by atoms with Crippen molar-refractivity contribution >= 4 is 33.8 Å². The van der Waals surface area contributed by atoms with Gasteiger partial charge in [-0.1, -0.05) is 12.1 Å². The predicted octanol–water partition coefficient (Wildman–Crippen LogP) is 1.17. The molecule has 7 heteroatoms. The first-order chi connectivity index (χ1) is 8.81. The van der Waals surface area contributed by atoms with Crippen molar-refractivity contribution in [2.24, 2.45) is 0 Å². The van der Waals surface area contributed by atoms with Crippen LogP contribution in [0.2, 0.25) is 0 Å². The van der Waals surface area contributed by atoms with Crippen molar-refractivity contribution in [2.45, 2.75) is 25.5 Å². The number of nitrogen functional groups attached to an aromatic ring is 1. The molecule has 1 aromatic rings. The molecule has 0 aromatic heterocycles. The number of hydrogen-bond acceptors (Lipinski definition) is 4. The lowest BCUT2D eigenvalue weighted by Crippen LogP contribution is -2.34. The van der Waals surface area contributed by atoms with E-state index < -0.39 is 26.7 Å². The summed E-state index contributed by atoms with van der Waals surface area (Å²) in [6, 6.07) is 7.35. The van der Waals surface area contributed by atoms with E-state index in [1.165, 1.54) is 0 Å². The van der Waals surface area contributed by atoms with Crippen molar-refractivity contribution in [3.05, 3.63) is 29.8 Å². The summed E-state index contributed by atoms with van der Waals surface area (Å²) in [6.45, 7) is 3.55. The molecule has 0 heterocycles. The van der Waals surface area contributed by atoms with E-state index >= 15 is 0 Å². The quantitative estimate of drug-likeness (QED) is 0.770.